The minimum atomic E-state index is -0.497. The van der Waals surface area contributed by atoms with Crippen molar-refractivity contribution in [2.45, 2.75) is 19.8 Å². The Morgan fingerprint density at radius 1 is 1.55 bits per heavy atom. The zero-order valence-corrected chi connectivity index (χ0v) is 7.89. The van der Waals surface area contributed by atoms with Crippen molar-refractivity contribution in [1.82, 2.24) is 9.97 Å². The number of aromatic nitrogens is 2. The highest BCUT2D eigenvalue weighted by Gasteiger charge is 2.06. The fourth-order valence-electron chi connectivity index (χ4n) is 0.637. The third-order valence-corrected chi connectivity index (χ3v) is 1.77. The molecule has 0 spiro atoms. The number of hydrogen-bond donors (Lipinski definition) is 0. The van der Waals surface area contributed by atoms with Gasteiger partial charge in [-0.3, -0.25) is 0 Å². The van der Waals surface area contributed by atoms with Gasteiger partial charge in [0.05, 0.1) is 4.47 Å². The van der Waals surface area contributed by atoms with Crippen molar-refractivity contribution in [2.75, 3.05) is 0 Å². The Labute approximate surface area is 73.0 Å². The zero-order valence-electron chi connectivity index (χ0n) is 6.31. The highest BCUT2D eigenvalue weighted by molar-refractivity contribution is 9.10. The second-order valence-corrected chi connectivity index (χ2v) is 3.38. The zero-order chi connectivity index (χ0) is 8.43. The fraction of sp³-hybridized carbons (Fsp3) is 0.429. The lowest BCUT2D eigenvalue weighted by molar-refractivity contribution is 0.555. The lowest BCUT2D eigenvalue weighted by Crippen LogP contribution is -1.99. The van der Waals surface area contributed by atoms with Crippen LogP contribution in [0, 0.1) is 5.95 Å². The van der Waals surface area contributed by atoms with Crippen LogP contribution in [0.2, 0.25) is 0 Å². The summed E-state index contributed by atoms with van der Waals surface area (Å²) in [5, 5.41) is 0. The van der Waals surface area contributed by atoms with E-state index in [4.69, 9.17) is 0 Å². The van der Waals surface area contributed by atoms with E-state index < -0.39 is 5.95 Å². The average molecular weight is 219 g/mol. The summed E-state index contributed by atoms with van der Waals surface area (Å²) in [6.45, 7) is 3.84. The summed E-state index contributed by atoms with van der Waals surface area (Å²) >= 11 is 2.98. The van der Waals surface area contributed by atoms with Gasteiger partial charge in [-0.2, -0.15) is 4.39 Å². The summed E-state index contributed by atoms with van der Waals surface area (Å²) in [4.78, 5) is 7.59. The van der Waals surface area contributed by atoms with Crippen molar-refractivity contribution in [3.63, 3.8) is 0 Å². The van der Waals surface area contributed by atoms with Crippen molar-refractivity contribution in [1.29, 1.82) is 0 Å². The molecule has 0 aliphatic rings. The first-order chi connectivity index (χ1) is 5.11. The monoisotopic (exact) mass is 218 g/mol. The molecule has 1 heterocycles. The van der Waals surface area contributed by atoms with Crippen LogP contribution >= 0.6 is 15.9 Å². The molecule has 60 valence electrons. The first-order valence-electron chi connectivity index (χ1n) is 3.29. The maximum atomic E-state index is 12.7. The van der Waals surface area contributed by atoms with Gasteiger partial charge in [-0.15, -0.1) is 0 Å². The van der Waals surface area contributed by atoms with Gasteiger partial charge in [0.1, 0.15) is 5.82 Å². The maximum Gasteiger partial charge on any atom is 0.230 e. The van der Waals surface area contributed by atoms with Crippen molar-refractivity contribution < 1.29 is 4.39 Å². The molecule has 0 atom stereocenters. The predicted octanol–water partition coefficient (Wildman–Crippen LogP) is 2.50. The Kier molecular flexibility index (Phi) is 2.54. The third-order valence-electron chi connectivity index (χ3n) is 1.24. The second-order valence-electron chi connectivity index (χ2n) is 2.52. The van der Waals surface area contributed by atoms with Crippen molar-refractivity contribution >= 4 is 15.9 Å². The van der Waals surface area contributed by atoms with E-state index >= 15 is 0 Å². The molecule has 0 N–H and O–H groups in total. The van der Waals surface area contributed by atoms with Crippen molar-refractivity contribution in [2.24, 2.45) is 0 Å². The number of rotatable bonds is 1. The molecule has 1 aromatic heterocycles. The van der Waals surface area contributed by atoms with Gasteiger partial charge in [0.2, 0.25) is 5.95 Å². The van der Waals surface area contributed by atoms with Gasteiger partial charge in [0.15, 0.2) is 0 Å². The molecule has 0 saturated carbocycles. The Hall–Kier alpha value is -0.510. The van der Waals surface area contributed by atoms with Crippen LogP contribution in [0.5, 0.6) is 0 Å². The van der Waals surface area contributed by atoms with E-state index in [2.05, 4.69) is 25.9 Å². The highest BCUT2D eigenvalue weighted by atomic mass is 79.9. The van der Waals surface area contributed by atoms with Crippen LogP contribution < -0.4 is 0 Å². The first-order valence-corrected chi connectivity index (χ1v) is 4.08. The van der Waals surface area contributed by atoms with Gasteiger partial charge >= 0.3 is 0 Å². The van der Waals surface area contributed by atoms with Crippen molar-refractivity contribution in [3.8, 4) is 0 Å². The smallest absolute Gasteiger partial charge is 0.230 e. The average Bonchev–Trinajstić information content (AvgIpc) is 1.94. The van der Waals surface area contributed by atoms with Crippen molar-refractivity contribution in [3.05, 3.63) is 22.4 Å². The number of nitrogens with zero attached hydrogens (tertiary/aromatic N) is 2. The molecule has 0 aliphatic carbocycles. The van der Waals surface area contributed by atoms with Crippen LogP contribution in [-0.4, -0.2) is 9.97 Å². The van der Waals surface area contributed by atoms with Crippen LogP contribution in [0.15, 0.2) is 10.7 Å². The summed E-state index contributed by atoms with van der Waals surface area (Å²) in [5.41, 5.74) is 0. The Bertz CT molecular complexity index is 263. The molecule has 1 aromatic rings. The SMILES string of the molecule is CC(C)c1ncc(Br)c(F)n1. The standard InChI is InChI=1S/C7H8BrFN2/c1-4(2)7-10-3-5(8)6(9)11-7/h3-4H,1-2H3. The van der Waals surface area contributed by atoms with E-state index in [0.717, 1.165) is 0 Å². The molecule has 0 radical (unpaired) electrons. The van der Waals surface area contributed by atoms with Gasteiger partial charge in [0.25, 0.3) is 0 Å². The van der Waals surface area contributed by atoms with E-state index in [9.17, 15) is 4.39 Å². The molecule has 1 rings (SSSR count). The summed E-state index contributed by atoms with van der Waals surface area (Å²) in [5.74, 6) is 0.201. The summed E-state index contributed by atoms with van der Waals surface area (Å²) in [7, 11) is 0. The van der Waals surface area contributed by atoms with Crippen LogP contribution in [0.4, 0.5) is 4.39 Å². The normalized spacial score (nSPS) is 10.6. The Balaban J connectivity index is 3.05. The van der Waals surface area contributed by atoms with Crippen LogP contribution in [0.3, 0.4) is 0 Å². The quantitative estimate of drug-likeness (QED) is 0.678. The molecular weight excluding hydrogens is 211 g/mol. The van der Waals surface area contributed by atoms with Gasteiger partial charge in [-0.25, -0.2) is 9.97 Å². The van der Waals surface area contributed by atoms with E-state index in [0.29, 0.717) is 10.3 Å². The molecule has 4 heteroatoms. The number of halogens is 2. The largest absolute Gasteiger partial charge is 0.240 e. The Morgan fingerprint density at radius 3 is 2.64 bits per heavy atom. The van der Waals surface area contributed by atoms with E-state index in [1.54, 1.807) is 0 Å². The molecule has 0 saturated heterocycles. The molecule has 0 bridgehead atoms. The van der Waals surface area contributed by atoms with Gasteiger partial charge in [-0.1, -0.05) is 13.8 Å². The molecule has 2 nitrogen and oxygen atoms in total. The third kappa shape index (κ3) is 1.96. The maximum absolute atomic E-state index is 12.7. The van der Waals surface area contributed by atoms with Crippen LogP contribution in [-0.2, 0) is 0 Å². The fourth-order valence-corrected chi connectivity index (χ4v) is 0.828. The van der Waals surface area contributed by atoms with E-state index in [1.807, 2.05) is 13.8 Å². The van der Waals surface area contributed by atoms with Crippen LogP contribution in [0.25, 0.3) is 0 Å². The van der Waals surface area contributed by atoms with E-state index in [1.165, 1.54) is 6.20 Å². The Morgan fingerprint density at radius 2 is 2.18 bits per heavy atom. The predicted molar refractivity (Wildman–Crippen MR) is 43.8 cm³/mol. The summed E-state index contributed by atoms with van der Waals surface area (Å²) < 4.78 is 13.0. The molecule has 0 aromatic carbocycles. The molecular formula is C7H8BrFN2. The topological polar surface area (TPSA) is 25.8 Å². The second kappa shape index (κ2) is 3.26. The van der Waals surface area contributed by atoms with E-state index in [-0.39, 0.29) is 5.92 Å². The molecule has 11 heavy (non-hydrogen) atoms. The summed E-state index contributed by atoms with van der Waals surface area (Å²) in [6.07, 6.45) is 1.43. The van der Waals surface area contributed by atoms with Crippen LogP contribution in [0.1, 0.15) is 25.6 Å². The van der Waals surface area contributed by atoms with Gasteiger partial charge in [0, 0.05) is 12.1 Å². The molecule has 0 fully saturated rings. The minimum Gasteiger partial charge on any atom is -0.240 e. The first kappa shape index (κ1) is 8.59. The lowest BCUT2D eigenvalue weighted by Gasteiger charge is -2.02. The van der Waals surface area contributed by atoms with Gasteiger partial charge < -0.3 is 0 Å². The molecule has 0 unspecified atom stereocenters. The minimum absolute atomic E-state index is 0.164. The molecule has 0 amide bonds. The number of hydrogen-bond acceptors (Lipinski definition) is 2. The van der Waals surface area contributed by atoms with Gasteiger partial charge in [-0.05, 0) is 15.9 Å². The summed E-state index contributed by atoms with van der Waals surface area (Å²) in [6, 6.07) is 0. The lowest BCUT2D eigenvalue weighted by atomic mass is 10.2. The highest BCUT2D eigenvalue weighted by Crippen LogP contribution is 2.14. The molecule has 0 aliphatic heterocycles.